The van der Waals surface area contributed by atoms with Crippen LogP contribution in [0.4, 0.5) is 5.00 Å². The Morgan fingerprint density at radius 1 is 1.15 bits per heavy atom. The number of likely N-dealkylation sites (tertiary alicyclic amines) is 1. The van der Waals surface area contributed by atoms with Crippen molar-refractivity contribution in [2.24, 2.45) is 5.92 Å². The number of esters is 2. The fourth-order valence-corrected chi connectivity index (χ4v) is 4.03. The van der Waals surface area contributed by atoms with Crippen LogP contribution >= 0.6 is 11.3 Å². The molecule has 1 N–H and O–H groups in total. The summed E-state index contributed by atoms with van der Waals surface area (Å²) in [6.45, 7) is 7.82. The molecule has 0 atom stereocenters. The number of ether oxygens (including phenoxy) is 2. The lowest BCUT2D eigenvalue weighted by atomic mass is 9.97. The van der Waals surface area contributed by atoms with Gasteiger partial charge in [0.05, 0.1) is 31.2 Å². The Labute approximate surface area is 164 Å². The molecule has 1 fully saturated rings. The Morgan fingerprint density at radius 3 is 2.41 bits per heavy atom. The van der Waals surface area contributed by atoms with Crippen molar-refractivity contribution in [3.63, 3.8) is 0 Å². The molecule has 1 aliphatic rings. The second-order valence-corrected chi connectivity index (χ2v) is 7.52. The number of thiophene rings is 1. The molecule has 1 amide bonds. The minimum absolute atomic E-state index is 0.0795. The normalized spacial score (nSPS) is 15.4. The van der Waals surface area contributed by atoms with Crippen LogP contribution in [0.3, 0.4) is 0 Å². The van der Waals surface area contributed by atoms with Crippen LogP contribution in [0.1, 0.15) is 48.8 Å². The lowest BCUT2D eigenvalue weighted by Crippen LogP contribution is -2.41. The van der Waals surface area contributed by atoms with Crippen molar-refractivity contribution in [3.8, 4) is 0 Å². The monoisotopic (exact) mass is 396 g/mol. The van der Waals surface area contributed by atoms with Gasteiger partial charge in [0.1, 0.15) is 5.00 Å². The number of hydrogen-bond acceptors (Lipinski definition) is 7. The molecule has 1 saturated heterocycles. The fraction of sp³-hybridized carbons (Fsp3) is 0.632. The van der Waals surface area contributed by atoms with E-state index >= 15 is 0 Å². The van der Waals surface area contributed by atoms with Gasteiger partial charge in [-0.05, 0) is 52.3 Å². The number of carbonyl (C=O) groups is 3. The van der Waals surface area contributed by atoms with Crippen LogP contribution in [0.2, 0.25) is 0 Å². The number of hydrogen-bond donors (Lipinski definition) is 1. The van der Waals surface area contributed by atoms with E-state index in [9.17, 15) is 14.4 Å². The molecule has 0 unspecified atom stereocenters. The summed E-state index contributed by atoms with van der Waals surface area (Å²) in [5.41, 5.74) is 0.410. The first-order valence-corrected chi connectivity index (χ1v) is 10.3. The summed E-state index contributed by atoms with van der Waals surface area (Å²) >= 11 is 1.40. The number of amides is 1. The van der Waals surface area contributed by atoms with Gasteiger partial charge in [-0.3, -0.25) is 14.5 Å². The van der Waals surface area contributed by atoms with Crippen molar-refractivity contribution in [2.45, 2.75) is 40.0 Å². The summed E-state index contributed by atoms with van der Waals surface area (Å²) in [4.78, 5) is 39.4. The van der Waals surface area contributed by atoms with Crippen LogP contribution in [-0.4, -0.2) is 55.6 Å². The van der Waals surface area contributed by atoms with Gasteiger partial charge in [-0.15, -0.1) is 11.3 Å². The highest BCUT2D eigenvalue weighted by molar-refractivity contribution is 7.16. The van der Waals surface area contributed by atoms with Crippen molar-refractivity contribution in [1.82, 2.24) is 4.90 Å². The average Bonchev–Trinajstić information content (AvgIpc) is 3.05. The number of anilines is 1. The Balaban J connectivity index is 1.90. The molecule has 7 nitrogen and oxygen atoms in total. The molecular formula is C19H28N2O5S. The zero-order valence-corrected chi connectivity index (χ0v) is 17.0. The second kappa shape index (κ2) is 10.4. The van der Waals surface area contributed by atoms with Crippen LogP contribution in [0.25, 0.3) is 0 Å². The van der Waals surface area contributed by atoms with Crippen molar-refractivity contribution in [1.29, 1.82) is 0 Å². The maximum Gasteiger partial charge on any atom is 0.341 e. The van der Waals surface area contributed by atoms with Crippen molar-refractivity contribution in [2.75, 3.05) is 38.2 Å². The molecule has 2 rings (SSSR count). The van der Waals surface area contributed by atoms with Gasteiger partial charge in [-0.2, -0.15) is 0 Å². The molecule has 27 heavy (non-hydrogen) atoms. The molecule has 0 aromatic carbocycles. The molecule has 1 aromatic heterocycles. The highest BCUT2D eigenvalue weighted by Gasteiger charge is 2.27. The quantitative estimate of drug-likeness (QED) is 0.680. The molecule has 1 aromatic rings. The van der Waals surface area contributed by atoms with E-state index in [4.69, 9.17) is 9.47 Å². The minimum Gasteiger partial charge on any atom is -0.466 e. The maximum absolute atomic E-state index is 12.4. The zero-order valence-electron chi connectivity index (χ0n) is 16.2. The Hall–Kier alpha value is -1.93. The van der Waals surface area contributed by atoms with Crippen LogP contribution in [-0.2, 0) is 25.5 Å². The summed E-state index contributed by atoms with van der Waals surface area (Å²) in [6.07, 6.45) is 2.17. The molecule has 0 saturated carbocycles. The molecule has 0 spiro atoms. The molecular weight excluding hydrogens is 368 g/mol. The highest BCUT2D eigenvalue weighted by atomic mass is 32.1. The summed E-state index contributed by atoms with van der Waals surface area (Å²) < 4.78 is 10.1. The number of piperidine rings is 1. The van der Waals surface area contributed by atoms with Crippen LogP contribution in [0, 0.1) is 5.92 Å². The first-order chi connectivity index (χ1) is 13.0. The third-order valence-electron chi connectivity index (χ3n) is 4.45. The van der Waals surface area contributed by atoms with Crippen LogP contribution in [0.15, 0.2) is 6.07 Å². The van der Waals surface area contributed by atoms with Gasteiger partial charge >= 0.3 is 11.9 Å². The molecule has 8 heteroatoms. The minimum atomic E-state index is -0.418. The van der Waals surface area contributed by atoms with E-state index < -0.39 is 5.97 Å². The summed E-state index contributed by atoms with van der Waals surface area (Å²) in [6, 6.07) is 1.78. The van der Waals surface area contributed by atoms with Gasteiger partial charge < -0.3 is 14.8 Å². The Bertz CT molecular complexity index is 665. The fourth-order valence-electron chi connectivity index (χ4n) is 3.03. The molecule has 2 heterocycles. The molecule has 150 valence electrons. The van der Waals surface area contributed by atoms with E-state index in [1.165, 1.54) is 11.3 Å². The van der Waals surface area contributed by atoms with Crippen LogP contribution in [0.5, 0.6) is 0 Å². The van der Waals surface area contributed by atoms with Crippen molar-refractivity contribution in [3.05, 3.63) is 16.5 Å². The van der Waals surface area contributed by atoms with E-state index in [0.29, 0.717) is 49.7 Å². The van der Waals surface area contributed by atoms with Gasteiger partial charge in [0.2, 0.25) is 5.91 Å². The van der Waals surface area contributed by atoms with Gasteiger partial charge in [-0.25, -0.2) is 4.79 Å². The number of nitrogens with one attached hydrogen (secondary N) is 1. The summed E-state index contributed by atoms with van der Waals surface area (Å²) in [7, 11) is 0. The molecule has 0 bridgehead atoms. The van der Waals surface area contributed by atoms with E-state index in [1.807, 2.05) is 11.8 Å². The SMILES string of the molecule is CCOC(=O)c1cc(CC)sc1NC(=O)CN1CCC(C(=O)OCC)CC1. The first kappa shape index (κ1) is 21.4. The Kier molecular flexibility index (Phi) is 8.24. The first-order valence-electron chi connectivity index (χ1n) is 9.47. The van der Waals surface area contributed by atoms with Crippen molar-refractivity contribution >= 4 is 34.2 Å². The number of rotatable bonds is 8. The predicted molar refractivity (Wildman–Crippen MR) is 104 cm³/mol. The maximum atomic E-state index is 12.4. The molecule has 0 radical (unpaired) electrons. The van der Waals surface area contributed by atoms with Crippen LogP contribution < -0.4 is 5.32 Å². The van der Waals surface area contributed by atoms with E-state index in [2.05, 4.69) is 5.32 Å². The zero-order chi connectivity index (χ0) is 19.8. The standard InChI is InChI=1S/C19H28N2O5S/c1-4-14-11-15(19(24)26-6-3)17(27-14)20-16(22)12-21-9-7-13(8-10-21)18(23)25-5-2/h11,13H,4-10,12H2,1-3H3,(H,20,22). The average molecular weight is 397 g/mol. The second-order valence-electron chi connectivity index (χ2n) is 6.38. The van der Waals surface area contributed by atoms with Gasteiger partial charge in [0, 0.05) is 4.88 Å². The Morgan fingerprint density at radius 2 is 1.81 bits per heavy atom. The lowest BCUT2D eigenvalue weighted by molar-refractivity contribution is -0.149. The smallest absolute Gasteiger partial charge is 0.341 e. The third kappa shape index (κ3) is 6.04. The molecule has 1 aliphatic heterocycles. The van der Waals surface area contributed by atoms with Gasteiger partial charge in [0.15, 0.2) is 0 Å². The van der Waals surface area contributed by atoms with E-state index in [1.54, 1.807) is 19.9 Å². The number of nitrogens with zero attached hydrogens (tertiary/aromatic N) is 1. The summed E-state index contributed by atoms with van der Waals surface area (Å²) in [5.74, 6) is -0.811. The lowest BCUT2D eigenvalue weighted by Gasteiger charge is -2.30. The number of aryl methyl sites for hydroxylation is 1. The van der Waals surface area contributed by atoms with Gasteiger partial charge in [0.25, 0.3) is 0 Å². The van der Waals surface area contributed by atoms with Gasteiger partial charge in [-0.1, -0.05) is 6.92 Å². The number of carbonyl (C=O) groups excluding carboxylic acids is 3. The highest BCUT2D eigenvalue weighted by Crippen LogP contribution is 2.29. The topological polar surface area (TPSA) is 84.9 Å². The molecule has 0 aliphatic carbocycles. The van der Waals surface area contributed by atoms with E-state index in [-0.39, 0.29) is 24.3 Å². The summed E-state index contributed by atoms with van der Waals surface area (Å²) in [5, 5.41) is 3.39. The predicted octanol–water partition coefficient (Wildman–Crippen LogP) is 2.70. The largest absolute Gasteiger partial charge is 0.466 e. The van der Waals surface area contributed by atoms with Crippen molar-refractivity contribution < 1.29 is 23.9 Å². The van der Waals surface area contributed by atoms with E-state index in [0.717, 1.165) is 11.3 Å². The third-order valence-corrected chi connectivity index (χ3v) is 5.65.